The Balaban J connectivity index is 2.39. The van der Waals surface area contributed by atoms with Crippen LogP contribution in [0, 0.1) is 19.1 Å². The number of hydrogen-bond donors (Lipinski definition) is 1. The van der Waals surface area contributed by atoms with Gasteiger partial charge in [-0.05, 0) is 56.1 Å². The van der Waals surface area contributed by atoms with E-state index in [9.17, 15) is 10.0 Å². The van der Waals surface area contributed by atoms with E-state index in [0.717, 1.165) is 45.1 Å². The molecule has 2 N–H and O–H groups in total. The van der Waals surface area contributed by atoms with E-state index < -0.39 is 0 Å². The van der Waals surface area contributed by atoms with Crippen LogP contribution in [0.15, 0.2) is 36.4 Å². The summed E-state index contributed by atoms with van der Waals surface area (Å²) < 4.78 is 3.26. The molecule has 0 aliphatic rings. The van der Waals surface area contributed by atoms with E-state index in [2.05, 4.69) is 30.5 Å². The second-order valence-electron chi connectivity index (χ2n) is 7.70. The monoisotopic (exact) mass is 394 g/mol. The molecular formula is C23H30N4O2. The normalized spacial score (nSPS) is 12.4. The molecule has 0 saturated heterocycles. The average Bonchev–Trinajstić information content (AvgIpc) is 2.71. The first-order valence-corrected chi connectivity index (χ1v) is 10.1. The minimum absolute atomic E-state index is 0.0552. The molecule has 29 heavy (non-hydrogen) atoms. The van der Waals surface area contributed by atoms with Crippen LogP contribution in [0.25, 0.3) is 21.8 Å². The van der Waals surface area contributed by atoms with E-state index in [0.29, 0.717) is 11.9 Å². The van der Waals surface area contributed by atoms with Crippen molar-refractivity contribution in [2.24, 2.45) is 5.73 Å². The first-order valence-electron chi connectivity index (χ1n) is 10.1. The van der Waals surface area contributed by atoms with Crippen molar-refractivity contribution < 1.29 is 4.79 Å². The highest BCUT2D eigenvalue weighted by molar-refractivity contribution is 5.95. The summed E-state index contributed by atoms with van der Waals surface area (Å²) in [5.41, 5.74) is 10.2. The number of hydroxylamine groups is 1. The number of nitrogens with two attached hydrogens (primary N) is 1. The standard InChI is InChI=1S/C23H30N4O2/c1-16-10-11-19-22(17(16)2)26(14-7-13-24)20-9-6-5-8-18(20)23(19)27(29)15-12-21(28)25(3)4/h5-6,8-11H,7,12-15,24H2,1-4H3/b27-23+. The largest absolute Gasteiger partial charge is 0.623 e. The lowest BCUT2D eigenvalue weighted by Crippen LogP contribution is -2.32. The van der Waals surface area contributed by atoms with Crippen LogP contribution in [0.3, 0.4) is 0 Å². The second-order valence-corrected chi connectivity index (χ2v) is 7.70. The Morgan fingerprint density at radius 2 is 1.86 bits per heavy atom. The number of carbonyl (C=O) groups excluding carboxylic acids is 1. The van der Waals surface area contributed by atoms with Crippen LogP contribution in [0.4, 0.5) is 0 Å². The van der Waals surface area contributed by atoms with E-state index >= 15 is 0 Å². The molecule has 0 aliphatic heterocycles. The molecule has 1 heterocycles. The average molecular weight is 395 g/mol. The van der Waals surface area contributed by atoms with Crippen LogP contribution in [0.5, 0.6) is 0 Å². The summed E-state index contributed by atoms with van der Waals surface area (Å²) in [5, 5.41) is 15.7. The Morgan fingerprint density at radius 1 is 1.14 bits per heavy atom. The number of benzene rings is 2. The van der Waals surface area contributed by atoms with Gasteiger partial charge in [0.1, 0.15) is 0 Å². The zero-order valence-corrected chi connectivity index (χ0v) is 17.7. The Hall–Kier alpha value is -2.86. The Morgan fingerprint density at radius 3 is 2.55 bits per heavy atom. The molecule has 6 heteroatoms. The van der Waals surface area contributed by atoms with Gasteiger partial charge in [-0.15, -0.1) is 0 Å². The number of amides is 1. The van der Waals surface area contributed by atoms with Crippen molar-refractivity contribution in [3.63, 3.8) is 0 Å². The van der Waals surface area contributed by atoms with E-state index in [1.54, 1.807) is 14.1 Å². The topological polar surface area (TPSA) is 77.3 Å². The molecule has 0 bridgehead atoms. The molecule has 0 fully saturated rings. The number of carbonyl (C=O) groups is 1. The van der Waals surface area contributed by atoms with Gasteiger partial charge in [0.25, 0.3) is 0 Å². The number of para-hydroxylation sites is 1. The summed E-state index contributed by atoms with van der Waals surface area (Å²) in [6.07, 6.45) is 1.04. The number of aryl methyl sites for hydroxylation is 3. The lowest BCUT2D eigenvalue weighted by molar-refractivity contribution is -0.128. The maximum atomic E-state index is 13.2. The van der Waals surface area contributed by atoms with Crippen LogP contribution < -0.4 is 15.8 Å². The molecule has 0 atom stereocenters. The van der Waals surface area contributed by atoms with Gasteiger partial charge in [-0.3, -0.25) is 4.79 Å². The van der Waals surface area contributed by atoms with Gasteiger partial charge in [-0.1, -0.05) is 18.2 Å². The first-order chi connectivity index (χ1) is 13.9. The SMILES string of the molecule is Cc1ccc2/c(=[N+](/[O-])CCC(=O)N(C)C)c3ccccc3n(CCCN)c2c1C. The third-order valence-electron chi connectivity index (χ3n) is 5.54. The highest BCUT2D eigenvalue weighted by Crippen LogP contribution is 2.24. The summed E-state index contributed by atoms with van der Waals surface area (Å²) in [6, 6.07) is 12.1. The molecule has 1 aromatic heterocycles. The smallest absolute Gasteiger partial charge is 0.229 e. The van der Waals surface area contributed by atoms with Crippen LogP contribution in [0.1, 0.15) is 24.0 Å². The quantitative estimate of drug-likeness (QED) is 0.396. The number of rotatable bonds is 6. The molecule has 3 rings (SSSR count). The molecule has 0 spiro atoms. The molecule has 154 valence electrons. The maximum absolute atomic E-state index is 13.2. The van der Waals surface area contributed by atoms with Crippen molar-refractivity contribution in [1.29, 1.82) is 0 Å². The van der Waals surface area contributed by atoms with Crippen LogP contribution in [-0.4, -0.2) is 42.6 Å². The zero-order chi connectivity index (χ0) is 21.1. The Labute approximate surface area is 171 Å². The van der Waals surface area contributed by atoms with Crippen molar-refractivity contribution >= 4 is 27.7 Å². The van der Waals surface area contributed by atoms with E-state index in [4.69, 9.17) is 5.73 Å². The minimum Gasteiger partial charge on any atom is -0.623 e. The zero-order valence-electron chi connectivity index (χ0n) is 17.7. The minimum atomic E-state index is -0.0552. The molecule has 0 unspecified atom stereocenters. The number of nitrogens with zero attached hydrogens (tertiary/aromatic N) is 3. The lowest BCUT2D eigenvalue weighted by atomic mass is 10.0. The fraction of sp³-hybridized carbons (Fsp3) is 0.391. The van der Waals surface area contributed by atoms with Crippen molar-refractivity contribution in [3.8, 4) is 0 Å². The molecule has 0 saturated carbocycles. The highest BCUT2D eigenvalue weighted by Gasteiger charge is 2.17. The van der Waals surface area contributed by atoms with Gasteiger partial charge < -0.3 is 20.4 Å². The molecule has 6 nitrogen and oxygen atoms in total. The molecule has 0 aliphatic carbocycles. The number of fused-ring (bicyclic) bond motifs is 2. The Bertz CT molecular complexity index is 1130. The third kappa shape index (κ3) is 3.98. The van der Waals surface area contributed by atoms with Crippen molar-refractivity contribution in [3.05, 3.63) is 58.1 Å². The van der Waals surface area contributed by atoms with E-state index in [-0.39, 0.29) is 18.9 Å². The van der Waals surface area contributed by atoms with Crippen LogP contribution in [-0.2, 0) is 11.3 Å². The predicted molar refractivity (Wildman–Crippen MR) is 119 cm³/mol. The van der Waals surface area contributed by atoms with E-state index in [1.165, 1.54) is 10.5 Å². The molecule has 1 amide bonds. The van der Waals surface area contributed by atoms with Gasteiger partial charge in [0.05, 0.1) is 28.2 Å². The van der Waals surface area contributed by atoms with Crippen LogP contribution in [0.2, 0.25) is 0 Å². The fourth-order valence-corrected chi connectivity index (χ4v) is 3.80. The molecule has 0 radical (unpaired) electrons. The van der Waals surface area contributed by atoms with Gasteiger partial charge >= 0.3 is 0 Å². The summed E-state index contributed by atoms with van der Waals surface area (Å²) >= 11 is 0. The summed E-state index contributed by atoms with van der Waals surface area (Å²) in [4.78, 5) is 13.5. The maximum Gasteiger partial charge on any atom is 0.229 e. The number of pyridine rings is 1. The highest BCUT2D eigenvalue weighted by atomic mass is 16.5. The van der Waals surface area contributed by atoms with Gasteiger partial charge in [0, 0.05) is 20.6 Å². The number of aromatic nitrogens is 1. The fourth-order valence-electron chi connectivity index (χ4n) is 3.80. The molecular weight excluding hydrogens is 364 g/mol. The first kappa shape index (κ1) is 20.9. The lowest BCUT2D eigenvalue weighted by Gasteiger charge is -2.19. The third-order valence-corrected chi connectivity index (χ3v) is 5.54. The Kier molecular flexibility index (Phi) is 6.23. The number of hydrogen-bond acceptors (Lipinski definition) is 3. The van der Waals surface area contributed by atoms with Gasteiger partial charge in [-0.2, -0.15) is 0 Å². The summed E-state index contributed by atoms with van der Waals surface area (Å²) in [5.74, 6) is -0.0552. The van der Waals surface area contributed by atoms with E-state index in [1.807, 2.05) is 24.3 Å². The molecule has 3 aromatic rings. The van der Waals surface area contributed by atoms with Crippen LogP contribution >= 0.6 is 0 Å². The van der Waals surface area contributed by atoms with Gasteiger partial charge in [0.2, 0.25) is 11.3 Å². The summed E-state index contributed by atoms with van der Waals surface area (Å²) in [6.45, 7) is 5.70. The van der Waals surface area contributed by atoms with Gasteiger partial charge in [0.15, 0.2) is 6.54 Å². The van der Waals surface area contributed by atoms with Crippen molar-refractivity contribution in [1.82, 2.24) is 14.2 Å². The predicted octanol–water partition coefficient (Wildman–Crippen LogP) is 2.51. The summed E-state index contributed by atoms with van der Waals surface area (Å²) in [7, 11) is 3.41. The van der Waals surface area contributed by atoms with Gasteiger partial charge in [-0.25, -0.2) is 4.74 Å². The second kappa shape index (κ2) is 8.66. The van der Waals surface area contributed by atoms with Crippen molar-refractivity contribution in [2.75, 3.05) is 27.2 Å². The molecule has 2 aromatic carbocycles. The van der Waals surface area contributed by atoms with Crippen molar-refractivity contribution in [2.45, 2.75) is 33.2 Å².